The number of carboxylic acid groups (broad SMARTS) is 1. The molecule has 0 amide bonds. The number of halogens is 1. The molecule has 2 aliphatic carbocycles. The molecule has 1 saturated carbocycles. The highest BCUT2D eigenvalue weighted by molar-refractivity contribution is 6.21. The molecule has 32 heavy (non-hydrogen) atoms. The van der Waals surface area contributed by atoms with Gasteiger partial charge in [-0.05, 0) is 25.3 Å². The van der Waals surface area contributed by atoms with E-state index in [1.807, 2.05) is 0 Å². The van der Waals surface area contributed by atoms with E-state index < -0.39 is 17.2 Å². The van der Waals surface area contributed by atoms with Crippen molar-refractivity contribution in [3.8, 4) is 11.3 Å². The van der Waals surface area contributed by atoms with Crippen molar-refractivity contribution in [3.63, 3.8) is 0 Å². The van der Waals surface area contributed by atoms with Crippen LogP contribution in [0.3, 0.4) is 0 Å². The van der Waals surface area contributed by atoms with Gasteiger partial charge in [0.15, 0.2) is 5.82 Å². The molecule has 2 aliphatic rings. The smallest absolute Gasteiger partial charge is 0.341 e. The molecule has 2 aromatic heterocycles. The molecule has 2 heterocycles. The van der Waals surface area contributed by atoms with Crippen LogP contribution in [0.2, 0.25) is 0 Å². The predicted octanol–water partition coefficient (Wildman–Crippen LogP) is 3.89. The number of hydrogen-bond acceptors (Lipinski definition) is 5. The van der Waals surface area contributed by atoms with Gasteiger partial charge in [-0.1, -0.05) is 31.2 Å². The number of aromatic carboxylic acids is 1. The van der Waals surface area contributed by atoms with Crippen LogP contribution < -0.4 is 5.43 Å². The van der Waals surface area contributed by atoms with Gasteiger partial charge in [-0.3, -0.25) is 9.59 Å². The van der Waals surface area contributed by atoms with Crippen LogP contribution in [0, 0.1) is 5.82 Å². The largest absolute Gasteiger partial charge is 0.477 e. The fraction of sp³-hybridized carbons (Fsp3) is 0.208. The van der Waals surface area contributed by atoms with E-state index in [0.29, 0.717) is 34.5 Å². The summed E-state index contributed by atoms with van der Waals surface area (Å²) in [4.78, 5) is 47.1. The van der Waals surface area contributed by atoms with Crippen LogP contribution in [0.1, 0.15) is 57.9 Å². The summed E-state index contributed by atoms with van der Waals surface area (Å²) in [6, 6.07) is 7.97. The number of rotatable bonds is 3. The fourth-order valence-corrected chi connectivity index (χ4v) is 4.76. The molecule has 0 radical (unpaired) electrons. The highest BCUT2D eigenvalue weighted by Gasteiger charge is 2.34. The zero-order chi connectivity index (χ0) is 22.3. The van der Waals surface area contributed by atoms with Crippen LogP contribution in [0.15, 0.2) is 35.1 Å². The minimum absolute atomic E-state index is 0.0113. The summed E-state index contributed by atoms with van der Waals surface area (Å²) in [5.74, 6) is -2.42. The molecule has 2 aromatic carbocycles. The summed E-state index contributed by atoms with van der Waals surface area (Å²) in [5, 5.41) is 9.67. The average molecular weight is 429 g/mol. The van der Waals surface area contributed by atoms with Gasteiger partial charge in [-0.25, -0.2) is 19.2 Å². The van der Waals surface area contributed by atoms with E-state index >= 15 is 4.39 Å². The second-order valence-corrected chi connectivity index (χ2v) is 8.16. The normalized spacial score (nSPS) is 14.8. The third-order valence-corrected chi connectivity index (χ3v) is 6.27. The number of ketones is 1. The van der Waals surface area contributed by atoms with Crippen LogP contribution in [-0.4, -0.2) is 31.4 Å². The van der Waals surface area contributed by atoms with Gasteiger partial charge in [0.05, 0.1) is 10.9 Å². The number of carbonyl (C=O) groups excluding carboxylic acids is 1. The monoisotopic (exact) mass is 429 g/mol. The third kappa shape index (κ3) is 2.32. The Kier molecular flexibility index (Phi) is 3.69. The van der Waals surface area contributed by atoms with Gasteiger partial charge in [0, 0.05) is 22.9 Å². The van der Waals surface area contributed by atoms with Crippen LogP contribution in [0.4, 0.5) is 4.39 Å². The highest BCUT2D eigenvalue weighted by Crippen LogP contribution is 2.42. The molecule has 0 saturated heterocycles. The van der Waals surface area contributed by atoms with Gasteiger partial charge in [0.25, 0.3) is 0 Å². The van der Waals surface area contributed by atoms with Crippen molar-refractivity contribution in [1.29, 1.82) is 0 Å². The fourth-order valence-electron chi connectivity index (χ4n) is 4.76. The zero-order valence-corrected chi connectivity index (χ0v) is 17.0. The molecule has 8 heteroatoms. The maximum atomic E-state index is 15.2. The number of fused-ring (bicyclic) bond motifs is 6. The first kappa shape index (κ1) is 18.8. The zero-order valence-electron chi connectivity index (χ0n) is 17.0. The number of carboxylic acids is 1. The number of carbonyl (C=O) groups is 2. The van der Waals surface area contributed by atoms with E-state index in [9.17, 15) is 19.5 Å². The number of benzene rings is 2. The number of nitrogens with zero attached hydrogens (tertiary/aromatic N) is 3. The summed E-state index contributed by atoms with van der Waals surface area (Å²) >= 11 is 0. The third-order valence-electron chi connectivity index (χ3n) is 6.27. The standard InChI is InChI=1S/C24H16FN3O4/c1-2-15-16(24(31)32)22(29)13-9-14(25)18-19(21(13)28(15)10-7-8-10)27-20-17(26-18)11-5-3-4-6-12(11)23(20)30/h3-6,9-10H,2,7-8H2,1H3,(H,31,32). The molecule has 1 N–H and O–H groups in total. The lowest BCUT2D eigenvalue weighted by atomic mass is 10.0. The molecule has 158 valence electrons. The molecular weight excluding hydrogens is 413 g/mol. The molecular formula is C24H16FN3O4. The molecule has 7 nitrogen and oxygen atoms in total. The Morgan fingerprint density at radius 2 is 1.81 bits per heavy atom. The Morgan fingerprint density at radius 1 is 1.12 bits per heavy atom. The molecule has 0 atom stereocenters. The van der Waals surface area contributed by atoms with Crippen molar-refractivity contribution in [2.75, 3.05) is 0 Å². The SMILES string of the molecule is CCc1c(C(=O)O)c(=O)c2cc(F)c3nc4c(nc3c2n1C1CC1)C(=O)c1ccccc1-4. The van der Waals surface area contributed by atoms with E-state index in [0.717, 1.165) is 18.9 Å². The summed E-state index contributed by atoms with van der Waals surface area (Å²) in [6.45, 7) is 1.78. The van der Waals surface area contributed by atoms with Crippen LogP contribution in [0.5, 0.6) is 0 Å². The molecule has 0 spiro atoms. The minimum atomic E-state index is -1.34. The van der Waals surface area contributed by atoms with Gasteiger partial charge in [0.1, 0.15) is 28.0 Å². The van der Waals surface area contributed by atoms with Gasteiger partial charge in [0.2, 0.25) is 11.2 Å². The summed E-state index contributed by atoms with van der Waals surface area (Å²) in [5.41, 5.74) is 1.16. The van der Waals surface area contributed by atoms with Crippen LogP contribution in [0.25, 0.3) is 33.2 Å². The van der Waals surface area contributed by atoms with Gasteiger partial charge >= 0.3 is 5.97 Å². The van der Waals surface area contributed by atoms with Crippen molar-refractivity contribution < 1.29 is 19.1 Å². The first-order chi connectivity index (χ1) is 15.4. The van der Waals surface area contributed by atoms with Crippen molar-refractivity contribution >= 4 is 33.7 Å². The second-order valence-electron chi connectivity index (χ2n) is 8.16. The lowest BCUT2D eigenvalue weighted by Gasteiger charge is -2.19. The Hall–Kier alpha value is -3.94. The van der Waals surface area contributed by atoms with Crippen LogP contribution >= 0.6 is 0 Å². The minimum Gasteiger partial charge on any atom is -0.477 e. The maximum Gasteiger partial charge on any atom is 0.341 e. The van der Waals surface area contributed by atoms with E-state index in [1.165, 1.54) is 0 Å². The van der Waals surface area contributed by atoms with E-state index in [4.69, 9.17) is 0 Å². The van der Waals surface area contributed by atoms with Crippen molar-refractivity contribution in [2.24, 2.45) is 0 Å². The highest BCUT2D eigenvalue weighted by atomic mass is 19.1. The van der Waals surface area contributed by atoms with E-state index in [2.05, 4.69) is 9.97 Å². The molecule has 6 rings (SSSR count). The van der Waals surface area contributed by atoms with Gasteiger partial charge in [-0.15, -0.1) is 0 Å². The van der Waals surface area contributed by atoms with Gasteiger partial charge < -0.3 is 9.67 Å². The summed E-state index contributed by atoms with van der Waals surface area (Å²) in [6.07, 6.45) is 1.93. The Balaban J connectivity index is 1.83. The quantitative estimate of drug-likeness (QED) is 0.437. The second kappa shape index (κ2) is 6.29. The first-order valence-electron chi connectivity index (χ1n) is 10.4. The topological polar surface area (TPSA) is 102 Å². The lowest BCUT2D eigenvalue weighted by molar-refractivity contribution is 0.0693. The summed E-state index contributed by atoms with van der Waals surface area (Å²) in [7, 11) is 0. The molecule has 0 unspecified atom stereocenters. The Morgan fingerprint density at radius 3 is 2.47 bits per heavy atom. The van der Waals surface area contributed by atoms with Crippen molar-refractivity contribution in [2.45, 2.75) is 32.2 Å². The first-order valence-corrected chi connectivity index (χ1v) is 10.4. The van der Waals surface area contributed by atoms with E-state index in [1.54, 1.807) is 35.8 Å². The van der Waals surface area contributed by atoms with Crippen molar-refractivity contribution in [1.82, 2.24) is 14.5 Å². The molecule has 0 bridgehead atoms. The molecule has 1 fully saturated rings. The Bertz CT molecular complexity index is 1600. The van der Waals surface area contributed by atoms with Crippen molar-refractivity contribution in [3.05, 3.63) is 68.9 Å². The maximum absolute atomic E-state index is 15.2. The lowest BCUT2D eigenvalue weighted by Crippen LogP contribution is -2.24. The van der Waals surface area contributed by atoms with Gasteiger partial charge in [-0.2, -0.15) is 0 Å². The number of pyridine rings is 1. The number of aromatic nitrogens is 3. The molecule has 4 aromatic rings. The predicted molar refractivity (Wildman–Crippen MR) is 115 cm³/mol. The average Bonchev–Trinajstić information content (AvgIpc) is 3.59. The number of hydrogen-bond donors (Lipinski definition) is 1. The summed E-state index contributed by atoms with van der Waals surface area (Å²) < 4.78 is 17.0. The van der Waals surface area contributed by atoms with Crippen LogP contribution in [-0.2, 0) is 6.42 Å². The molecule has 0 aliphatic heterocycles. The Labute approximate surface area is 180 Å². The van der Waals surface area contributed by atoms with E-state index in [-0.39, 0.29) is 39.5 Å².